The van der Waals surface area contributed by atoms with E-state index >= 15 is 0 Å². The zero-order valence-corrected chi connectivity index (χ0v) is 15.5. The molecule has 0 N–H and O–H groups in total. The van der Waals surface area contributed by atoms with Crippen molar-refractivity contribution in [3.05, 3.63) is 17.0 Å². The van der Waals surface area contributed by atoms with E-state index in [4.69, 9.17) is 9.26 Å². The molecule has 2 aliphatic heterocycles. The molecule has 1 aromatic rings. The maximum Gasteiger partial charge on any atom is 0.276 e. The van der Waals surface area contributed by atoms with Gasteiger partial charge in [-0.25, -0.2) is 0 Å². The van der Waals surface area contributed by atoms with Gasteiger partial charge in [-0.15, -0.1) is 0 Å². The van der Waals surface area contributed by atoms with E-state index in [2.05, 4.69) is 12.1 Å². The number of likely N-dealkylation sites (tertiary alicyclic amines) is 2. The Bertz CT molecular complexity index is 671. The molecular formula is C18H27N3O4. The summed E-state index contributed by atoms with van der Waals surface area (Å²) in [6, 6.07) is -0.00222. The van der Waals surface area contributed by atoms with Crippen LogP contribution in [0.25, 0.3) is 0 Å². The minimum atomic E-state index is -0.332. The van der Waals surface area contributed by atoms with E-state index in [1.807, 2.05) is 16.8 Å². The Morgan fingerprint density at radius 1 is 1.44 bits per heavy atom. The van der Waals surface area contributed by atoms with Gasteiger partial charge in [-0.05, 0) is 39.5 Å². The number of ether oxygens (including phenoxy) is 1. The second-order valence-electron chi connectivity index (χ2n) is 7.32. The summed E-state index contributed by atoms with van der Waals surface area (Å²) in [7, 11) is 3.45. The van der Waals surface area contributed by atoms with Crippen LogP contribution in [0.1, 0.15) is 60.8 Å². The van der Waals surface area contributed by atoms with Crippen LogP contribution >= 0.6 is 0 Å². The van der Waals surface area contributed by atoms with E-state index in [9.17, 15) is 9.59 Å². The summed E-state index contributed by atoms with van der Waals surface area (Å²) in [6.45, 7) is 4.87. The van der Waals surface area contributed by atoms with Gasteiger partial charge in [0.1, 0.15) is 5.76 Å². The van der Waals surface area contributed by atoms with E-state index in [0.717, 1.165) is 19.3 Å². The SMILES string of the molecule is COCc1c(C(=O)N2CCCC[C@@]3(C)[C@@H]2CCC(=O)N3C)noc1C. The highest BCUT2D eigenvalue weighted by atomic mass is 16.5. The van der Waals surface area contributed by atoms with Crippen LogP contribution in [0.2, 0.25) is 0 Å². The summed E-state index contributed by atoms with van der Waals surface area (Å²) >= 11 is 0. The predicted octanol–water partition coefficient (Wildman–Crippen LogP) is 2.14. The Hall–Kier alpha value is -1.89. The first-order valence-electron chi connectivity index (χ1n) is 8.92. The second-order valence-corrected chi connectivity index (χ2v) is 7.32. The number of aromatic nitrogens is 1. The topological polar surface area (TPSA) is 75.9 Å². The molecule has 1 aromatic heterocycles. The molecule has 0 spiro atoms. The maximum absolute atomic E-state index is 13.3. The average molecular weight is 349 g/mol. The highest BCUT2D eigenvalue weighted by Gasteiger charge is 2.49. The molecule has 7 heteroatoms. The fraction of sp³-hybridized carbons (Fsp3) is 0.722. The number of hydrogen-bond donors (Lipinski definition) is 0. The first kappa shape index (κ1) is 17.9. The second kappa shape index (κ2) is 6.78. The predicted molar refractivity (Wildman–Crippen MR) is 91.0 cm³/mol. The van der Waals surface area contributed by atoms with Crippen LogP contribution in [-0.2, 0) is 16.1 Å². The van der Waals surface area contributed by atoms with E-state index < -0.39 is 0 Å². The van der Waals surface area contributed by atoms with Gasteiger partial charge in [0.05, 0.1) is 23.8 Å². The van der Waals surface area contributed by atoms with Crippen molar-refractivity contribution in [3.8, 4) is 0 Å². The number of methoxy groups -OCH3 is 1. The molecule has 2 atom stereocenters. The van der Waals surface area contributed by atoms with Gasteiger partial charge >= 0.3 is 0 Å². The van der Waals surface area contributed by atoms with Gasteiger partial charge in [-0.2, -0.15) is 0 Å². The van der Waals surface area contributed by atoms with E-state index in [0.29, 0.717) is 43.0 Å². The number of hydrogen-bond acceptors (Lipinski definition) is 5. The number of piperidine rings is 1. The highest BCUT2D eigenvalue weighted by molar-refractivity contribution is 5.94. The summed E-state index contributed by atoms with van der Waals surface area (Å²) in [6.07, 6.45) is 4.01. The van der Waals surface area contributed by atoms with Gasteiger partial charge < -0.3 is 19.1 Å². The third kappa shape index (κ3) is 2.94. The summed E-state index contributed by atoms with van der Waals surface area (Å²) in [5.41, 5.74) is 0.712. The molecule has 25 heavy (non-hydrogen) atoms. The molecule has 0 radical (unpaired) electrons. The van der Waals surface area contributed by atoms with Crippen LogP contribution in [0.4, 0.5) is 0 Å². The lowest BCUT2D eigenvalue weighted by molar-refractivity contribution is -0.143. The number of carbonyl (C=O) groups is 2. The van der Waals surface area contributed by atoms with Crippen LogP contribution in [0.3, 0.4) is 0 Å². The lowest BCUT2D eigenvalue weighted by Crippen LogP contribution is -2.64. The number of fused-ring (bicyclic) bond motifs is 1. The highest BCUT2D eigenvalue weighted by Crippen LogP contribution is 2.38. The van der Waals surface area contributed by atoms with Crippen LogP contribution in [0.5, 0.6) is 0 Å². The molecule has 2 saturated heterocycles. The Labute approximate surface area is 148 Å². The normalized spacial score (nSPS) is 27.2. The van der Waals surface area contributed by atoms with Crippen molar-refractivity contribution in [2.45, 2.75) is 64.1 Å². The zero-order chi connectivity index (χ0) is 18.2. The molecule has 2 amide bonds. The minimum absolute atomic E-state index is 0.00222. The lowest BCUT2D eigenvalue weighted by Gasteiger charge is -2.50. The van der Waals surface area contributed by atoms with Gasteiger partial charge in [-0.1, -0.05) is 5.16 Å². The first-order chi connectivity index (χ1) is 11.9. The quantitative estimate of drug-likeness (QED) is 0.836. The number of nitrogens with zero attached hydrogens (tertiary/aromatic N) is 3. The number of carbonyl (C=O) groups excluding carboxylic acids is 2. The molecule has 0 saturated carbocycles. The van der Waals surface area contributed by atoms with E-state index in [-0.39, 0.29) is 23.4 Å². The van der Waals surface area contributed by atoms with Gasteiger partial charge in [0.2, 0.25) is 5.91 Å². The largest absolute Gasteiger partial charge is 0.380 e. The molecule has 3 heterocycles. The molecule has 7 nitrogen and oxygen atoms in total. The molecule has 0 aliphatic carbocycles. The molecule has 3 rings (SSSR count). The Morgan fingerprint density at radius 2 is 2.20 bits per heavy atom. The first-order valence-corrected chi connectivity index (χ1v) is 8.92. The van der Waals surface area contributed by atoms with Crippen molar-refractivity contribution in [2.24, 2.45) is 0 Å². The molecule has 138 valence electrons. The molecule has 2 aliphatic rings. The van der Waals surface area contributed by atoms with Crippen molar-refractivity contribution < 1.29 is 18.8 Å². The van der Waals surface area contributed by atoms with Gasteiger partial charge in [0.25, 0.3) is 5.91 Å². The summed E-state index contributed by atoms with van der Waals surface area (Å²) in [5.74, 6) is 0.647. The zero-order valence-electron chi connectivity index (χ0n) is 15.5. The summed E-state index contributed by atoms with van der Waals surface area (Å²) in [5, 5.41) is 4.01. The van der Waals surface area contributed by atoms with E-state index in [1.165, 1.54) is 0 Å². The number of likely N-dealkylation sites (N-methyl/N-ethyl adjacent to an activating group) is 1. The van der Waals surface area contributed by atoms with Crippen molar-refractivity contribution in [1.29, 1.82) is 0 Å². The Kier molecular flexibility index (Phi) is 4.86. The summed E-state index contributed by atoms with van der Waals surface area (Å²) < 4.78 is 10.5. The van der Waals surface area contributed by atoms with Crippen molar-refractivity contribution in [3.63, 3.8) is 0 Å². The van der Waals surface area contributed by atoms with Crippen molar-refractivity contribution >= 4 is 11.8 Å². The van der Waals surface area contributed by atoms with Crippen molar-refractivity contribution in [1.82, 2.24) is 15.0 Å². The smallest absolute Gasteiger partial charge is 0.276 e. The molecule has 2 fully saturated rings. The van der Waals surface area contributed by atoms with Crippen molar-refractivity contribution in [2.75, 3.05) is 20.7 Å². The van der Waals surface area contributed by atoms with Crippen LogP contribution in [0.15, 0.2) is 4.52 Å². The van der Waals surface area contributed by atoms with Gasteiger partial charge in [0.15, 0.2) is 5.69 Å². The maximum atomic E-state index is 13.3. The van der Waals surface area contributed by atoms with Crippen LogP contribution in [-0.4, -0.2) is 59.1 Å². The van der Waals surface area contributed by atoms with Crippen LogP contribution in [0, 0.1) is 6.92 Å². The third-order valence-corrected chi connectivity index (χ3v) is 5.93. The fourth-order valence-corrected chi connectivity index (χ4v) is 4.25. The Balaban J connectivity index is 1.95. The van der Waals surface area contributed by atoms with Gasteiger partial charge in [-0.3, -0.25) is 9.59 Å². The number of rotatable bonds is 3. The molecule has 0 aromatic carbocycles. The Morgan fingerprint density at radius 3 is 2.92 bits per heavy atom. The summed E-state index contributed by atoms with van der Waals surface area (Å²) in [4.78, 5) is 29.3. The molecular weight excluding hydrogens is 322 g/mol. The number of aryl methyl sites for hydroxylation is 1. The molecule has 0 bridgehead atoms. The monoisotopic (exact) mass is 349 g/mol. The fourth-order valence-electron chi connectivity index (χ4n) is 4.25. The van der Waals surface area contributed by atoms with Gasteiger partial charge in [0, 0.05) is 27.1 Å². The third-order valence-electron chi connectivity index (χ3n) is 5.93. The average Bonchev–Trinajstić information content (AvgIpc) is 2.85. The van der Waals surface area contributed by atoms with Crippen LogP contribution < -0.4 is 0 Å². The minimum Gasteiger partial charge on any atom is -0.380 e. The standard InChI is InChI=1S/C18H27N3O4/c1-12-13(11-24-4)16(19-25-12)17(23)21-10-6-5-9-18(2)14(21)7-8-15(22)20(18)3/h14H,5-11H2,1-4H3/t14-,18-/m0/s1. The lowest BCUT2D eigenvalue weighted by atomic mass is 9.79. The van der Waals surface area contributed by atoms with E-state index in [1.54, 1.807) is 14.0 Å². The number of amides is 2. The molecule has 0 unspecified atom stereocenters.